The predicted octanol–water partition coefficient (Wildman–Crippen LogP) is 1.53. The summed E-state index contributed by atoms with van der Waals surface area (Å²) in [6, 6.07) is 0. The molecule has 94 valence electrons. The number of methoxy groups -OCH3 is 1. The lowest BCUT2D eigenvalue weighted by Crippen LogP contribution is -2.41. The van der Waals surface area contributed by atoms with Crippen molar-refractivity contribution in [3.05, 3.63) is 0 Å². The van der Waals surface area contributed by atoms with E-state index in [1.165, 1.54) is 7.11 Å². The summed E-state index contributed by atoms with van der Waals surface area (Å²) in [6.07, 6.45) is -3.53. The summed E-state index contributed by atoms with van der Waals surface area (Å²) in [5, 5.41) is 0. The molecular formula is C10H16F2O4. The van der Waals surface area contributed by atoms with Crippen molar-refractivity contribution in [3.8, 4) is 0 Å². The van der Waals surface area contributed by atoms with Crippen LogP contribution in [0.2, 0.25) is 0 Å². The fourth-order valence-corrected chi connectivity index (χ4v) is 2.16. The average Bonchev–Trinajstić information content (AvgIpc) is 2.55. The minimum absolute atomic E-state index is 0.601. The Morgan fingerprint density at radius 2 is 1.75 bits per heavy atom. The van der Waals surface area contributed by atoms with Crippen molar-refractivity contribution in [2.75, 3.05) is 7.11 Å². The van der Waals surface area contributed by atoms with E-state index in [1.807, 2.05) is 0 Å². The molecule has 4 atom stereocenters. The first-order valence-electron chi connectivity index (χ1n) is 5.16. The Kier molecular flexibility index (Phi) is 2.73. The minimum atomic E-state index is -2.99. The Morgan fingerprint density at radius 3 is 2.25 bits per heavy atom. The second-order valence-electron chi connectivity index (χ2n) is 4.68. The van der Waals surface area contributed by atoms with Gasteiger partial charge in [-0.05, 0) is 13.8 Å². The number of fused-ring (bicyclic) bond motifs is 1. The van der Waals surface area contributed by atoms with E-state index in [1.54, 1.807) is 13.8 Å². The van der Waals surface area contributed by atoms with Crippen LogP contribution in [-0.4, -0.2) is 43.4 Å². The van der Waals surface area contributed by atoms with Gasteiger partial charge in [-0.15, -0.1) is 0 Å². The highest BCUT2D eigenvalue weighted by atomic mass is 19.3. The molecule has 16 heavy (non-hydrogen) atoms. The fourth-order valence-electron chi connectivity index (χ4n) is 2.16. The maximum atomic E-state index is 13.3. The van der Waals surface area contributed by atoms with E-state index >= 15 is 0 Å². The van der Waals surface area contributed by atoms with Gasteiger partial charge in [-0.2, -0.15) is 0 Å². The van der Waals surface area contributed by atoms with E-state index in [2.05, 4.69) is 0 Å². The molecule has 2 heterocycles. The third kappa shape index (κ3) is 1.95. The molecule has 2 saturated heterocycles. The summed E-state index contributed by atoms with van der Waals surface area (Å²) in [6.45, 7) is 4.17. The highest BCUT2D eigenvalue weighted by molar-refractivity contribution is 4.99. The highest BCUT2D eigenvalue weighted by Gasteiger charge is 2.61. The van der Waals surface area contributed by atoms with Crippen LogP contribution in [0.4, 0.5) is 8.78 Å². The second-order valence-corrected chi connectivity index (χ2v) is 4.68. The second kappa shape index (κ2) is 3.60. The molecule has 2 aliphatic heterocycles. The molecule has 0 aromatic carbocycles. The largest absolute Gasteiger partial charge is 0.353 e. The Balaban J connectivity index is 2.21. The van der Waals surface area contributed by atoms with Gasteiger partial charge < -0.3 is 18.9 Å². The molecule has 2 aliphatic rings. The number of halogens is 2. The lowest BCUT2D eigenvalue weighted by Gasteiger charge is -2.26. The molecule has 6 heteroatoms. The lowest BCUT2D eigenvalue weighted by molar-refractivity contribution is -0.253. The predicted molar refractivity (Wildman–Crippen MR) is 50.1 cm³/mol. The maximum absolute atomic E-state index is 13.3. The zero-order valence-electron chi connectivity index (χ0n) is 9.70. The smallest absolute Gasteiger partial charge is 0.273 e. The van der Waals surface area contributed by atoms with E-state index in [0.29, 0.717) is 0 Å². The van der Waals surface area contributed by atoms with Gasteiger partial charge in [-0.3, -0.25) is 0 Å². The molecule has 0 radical (unpaired) electrons. The molecule has 0 aliphatic carbocycles. The molecule has 2 fully saturated rings. The molecule has 0 bridgehead atoms. The number of alkyl halides is 2. The van der Waals surface area contributed by atoms with Crippen molar-refractivity contribution in [1.82, 2.24) is 0 Å². The first-order valence-corrected chi connectivity index (χ1v) is 5.16. The molecule has 0 amide bonds. The SMILES string of the molecule is COC1OC(C(C)(F)F)C2OC(C)(C)OC12. The number of ether oxygens (including phenoxy) is 4. The summed E-state index contributed by atoms with van der Waals surface area (Å²) in [7, 11) is 1.40. The van der Waals surface area contributed by atoms with Crippen molar-refractivity contribution < 1.29 is 27.7 Å². The third-order valence-corrected chi connectivity index (χ3v) is 2.74. The molecule has 0 saturated carbocycles. The van der Waals surface area contributed by atoms with Gasteiger partial charge in [0.2, 0.25) is 0 Å². The van der Waals surface area contributed by atoms with Crippen LogP contribution in [0.15, 0.2) is 0 Å². The third-order valence-electron chi connectivity index (χ3n) is 2.74. The quantitative estimate of drug-likeness (QED) is 0.731. The van der Waals surface area contributed by atoms with Gasteiger partial charge in [0.05, 0.1) is 0 Å². The molecule has 0 N–H and O–H groups in total. The van der Waals surface area contributed by atoms with Gasteiger partial charge in [-0.1, -0.05) is 0 Å². The first-order chi connectivity index (χ1) is 7.24. The standard InChI is InChI=1S/C10H16F2O4/c1-9(2)15-5-6(16-9)8(13-4)14-7(5)10(3,11)12/h5-8H,1-4H3. The van der Waals surface area contributed by atoms with Crippen molar-refractivity contribution in [2.24, 2.45) is 0 Å². The Morgan fingerprint density at radius 1 is 1.19 bits per heavy atom. The Labute approximate surface area is 92.8 Å². The van der Waals surface area contributed by atoms with E-state index in [4.69, 9.17) is 18.9 Å². The van der Waals surface area contributed by atoms with Crippen LogP contribution in [-0.2, 0) is 18.9 Å². The van der Waals surface area contributed by atoms with Crippen LogP contribution in [0.1, 0.15) is 20.8 Å². The minimum Gasteiger partial charge on any atom is -0.353 e. The van der Waals surface area contributed by atoms with E-state index in [9.17, 15) is 8.78 Å². The van der Waals surface area contributed by atoms with Gasteiger partial charge in [0, 0.05) is 14.0 Å². The molecule has 0 aromatic heterocycles. The van der Waals surface area contributed by atoms with Crippen LogP contribution in [0, 0.1) is 0 Å². The highest BCUT2D eigenvalue weighted by Crippen LogP contribution is 2.43. The molecular weight excluding hydrogens is 222 g/mol. The van der Waals surface area contributed by atoms with Gasteiger partial charge >= 0.3 is 0 Å². The zero-order valence-corrected chi connectivity index (χ0v) is 9.70. The summed E-state index contributed by atoms with van der Waals surface area (Å²) in [5.74, 6) is -3.86. The number of hydrogen-bond donors (Lipinski definition) is 0. The summed E-state index contributed by atoms with van der Waals surface area (Å²) < 4.78 is 47.7. The Bertz CT molecular complexity index is 276. The molecule has 0 spiro atoms. The van der Waals surface area contributed by atoms with Crippen LogP contribution in [0.5, 0.6) is 0 Å². The number of hydrogen-bond acceptors (Lipinski definition) is 4. The van der Waals surface area contributed by atoms with E-state index < -0.39 is 36.3 Å². The van der Waals surface area contributed by atoms with Crippen molar-refractivity contribution in [3.63, 3.8) is 0 Å². The van der Waals surface area contributed by atoms with Crippen molar-refractivity contribution >= 4 is 0 Å². The van der Waals surface area contributed by atoms with Gasteiger partial charge in [0.1, 0.15) is 12.2 Å². The molecule has 4 unspecified atom stereocenters. The summed E-state index contributed by atoms with van der Waals surface area (Å²) in [5.41, 5.74) is 0. The summed E-state index contributed by atoms with van der Waals surface area (Å²) >= 11 is 0. The first kappa shape index (κ1) is 12.2. The normalized spacial score (nSPS) is 42.4. The van der Waals surface area contributed by atoms with Crippen LogP contribution in [0.3, 0.4) is 0 Å². The van der Waals surface area contributed by atoms with Crippen LogP contribution in [0.25, 0.3) is 0 Å². The zero-order chi connectivity index (χ0) is 12.1. The molecule has 4 nitrogen and oxygen atoms in total. The molecule has 0 aromatic rings. The van der Waals surface area contributed by atoms with E-state index in [-0.39, 0.29) is 0 Å². The average molecular weight is 238 g/mol. The van der Waals surface area contributed by atoms with E-state index in [0.717, 1.165) is 6.92 Å². The topological polar surface area (TPSA) is 36.9 Å². The van der Waals surface area contributed by atoms with Gasteiger partial charge in [0.15, 0.2) is 18.2 Å². The van der Waals surface area contributed by atoms with Crippen LogP contribution >= 0.6 is 0 Å². The maximum Gasteiger partial charge on any atom is 0.273 e. The van der Waals surface area contributed by atoms with Gasteiger partial charge in [0.25, 0.3) is 5.92 Å². The Hall–Kier alpha value is -0.300. The lowest BCUT2D eigenvalue weighted by atomic mass is 10.1. The van der Waals surface area contributed by atoms with Crippen LogP contribution < -0.4 is 0 Å². The van der Waals surface area contributed by atoms with Crippen molar-refractivity contribution in [2.45, 2.75) is 57.1 Å². The fraction of sp³-hybridized carbons (Fsp3) is 1.00. The summed E-state index contributed by atoms with van der Waals surface area (Å²) in [4.78, 5) is 0. The van der Waals surface area contributed by atoms with Crippen molar-refractivity contribution in [1.29, 1.82) is 0 Å². The monoisotopic (exact) mass is 238 g/mol. The number of rotatable bonds is 2. The molecule has 2 rings (SSSR count). The van der Waals surface area contributed by atoms with Gasteiger partial charge in [-0.25, -0.2) is 8.78 Å².